The second-order valence-corrected chi connectivity index (χ2v) is 13.7. The van der Waals surface area contributed by atoms with Gasteiger partial charge in [-0.2, -0.15) is 0 Å². The number of rotatable bonds is 31. The minimum atomic E-state index is -1.46. The van der Waals surface area contributed by atoms with Crippen LogP contribution in [0.15, 0.2) is 11.6 Å². The van der Waals surface area contributed by atoms with E-state index in [0.717, 1.165) is 44.1 Å². The summed E-state index contributed by atoms with van der Waals surface area (Å²) in [6, 6.07) is 0. The van der Waals surface area contributed by atoms with E-state index in [0.29, 0.717) is 0 Å². The average Bonchev–Trinajstić information content (AvgIpc) is 3.04. The van der Waals surface area contributed by atoms with E-state index in [9.17, 15) is 25.5 Å². The third-order valence-corrected chi connectivity index (χ3v) is 9.41. The highest BCUT2D eigenvalue weighted by atomic mass is 16.7. The van der Waals surface area contributed by atoms with Crippen molar-refractivity contribution < 1.29 is 35.0 Å². The first-order valence-electron chi connectivity index (χ1n) is 19.2. The summed E-state index contributed by atoms with van der Waals surface area (Å²) in [6.07, 6.45) is 27.3. The number of aliphatic hydroxyl groups is 5. The van der Waals surface area contributed by atoms with Crippen molar-refractivity contribution in [3.63, 3.8) is 0 Å². The highest BCUT2D eigenvalue weighted by Crippen LogP contribution is 2.24. The highest BCUT2D eigenvalue weighted by Gasteiger charge is 2.44. The Labute approximate surface area is 277 Å². The predicted octanol–water partition coefficient (Wildman–Crippen LogP) is 8.27. The number of hydrogen-bond acceptors (Lipinski definition) is 7. The van der Waals surface area contributed by atoms with Gasteiger partial charge in [-0.1, -0.05) is 168 Å². The minimum absolute atomic E-state index is 0.163. The number of ether oxygens (including phenoxy) is 2. The van der Waals surface area contributed by atoms with E-state index in [2.05, 4.69) is 13.8 Å². The second kappa shape index (κ2) is 29.6. The van der Waals surface area contributed by atoms with Crippen molar-refractivity contribution in [1.29, 1.82) is 0 Å². The summed E-state index contributed by atoms with van der Waals surface area (Å²) in [6.45, 7) is 4.20. The van der Waals surface area contributed by atoms with Crippen LogP contribution in [0.5, 0.6) is 0 Å². The zero-order chi connectivity index (χ0) is 33.0. The molecule has 6 atom stereocenters. The van der Waals surface area contributed by atoms with Gasteiger partial charge in [-0.25, -0.2) is 0 Å². The van der Waals surface area contributed by atoms with E-state index in [1.165, 1.54) is 128 Å². The molecule has 5 N–H and O–H groups in total. The first-order valence-corrected chi connectivity index (χ1v) is 19.2. The summed E-state index contributed by atoms with van der Waals surface area (Å²) in [4.78, 5) is 0. The number of unbranched alkanes of at least 4 members (excludes halogenated alkanes) is 22. The van der Waals surface area contributed by atoms with Crippen LogP contribution in [0.4, 0.5) is 0 Å². The van der Waals surface area contributed by atoms with E-state index < -0.39 is 43.4 Å². The number of hydrogen-bond donors (Lipinski definition) is 5. The molecule has 0 aromatic rings. The molecule has 268 valence electrons. The minimum Gasteiger partial charge on any atom is -0.394 e. The molecule has 45 heavy (non-hydrogen) atoms. The van der Waals surface area contributed by atoms with Gasteiger partial charge >= 0.3 is 0 Å². The molecule has 0 radical (unpaired) electrons. The van der Waals surface area contributed by atoms with Crippen molar-refractivity contribution >= 4 is 0 Å². The van der Waals surface area contributed by atoms with Crippen molar-refractivity contribution in [2.45, 2.75) is 218 Å². The van der Waals surface area contributed by atoms with Gasteiger partial charge in [0.1, 0.15) is 24.4 Å². The van der Waals surface area contributed by atoms with Crippen LogP contribution in [0.3, 0.4) is 0 Å². The lowest BCUT2D eigenvalue weighted by Gasteiger charge is -2.39. The maximum atomic E-state index is 10.8. The maximum absolute atomic E-state index is 10.8. The van der Waals surface area contributed by atoms with Crippen LogP contribution in [0.2, 0.25) is 0 Å². The Morgan fingerprint density at radius 2 is 1.02 bits per heavy atom. The molecule has 0 unspecified atom stereocenters. The first-order chi connectivity index (χ1) is 21.9. The lowest BCUT2D eigenvalue weighted by Crippen LogP contribution is -2.59. The molecule has 0 aromatic heterocycles. The van der Waals surface area contributed by atoms with Gasteiger partial charge in [0, 0.05) is 0 Å². The quantitative estimate of drug-likeness (QED) is 0.0381. The van der Waals surface area contributed by atoms with E-state index in [1.54, 1.807) is 0 Å². The molecule has 1 fully saturated rings. The van der Waals surface area contributed by atoms with Crippen molar-refractivity contribution in [3.8, 4) is 0 Å². The molecular formula is C38H74O7. The van der Waals surface area contributed by atoms with Crippen molar-refractivity contribution in [3.05, 3.63) is 11.6 Å². The van der Waals surface area contributed by atoms with Crippen LogP contribution in [0, 0.1) is 0 Å². The average molecular weight is 643 g/mol. The van der Waals surface area contributed by atoms with Crippen LogP contribution in [0.1, 0.15) is 181 Å². The molecule has 0 bridgehead atoms. The monoisotopic (exact) mass is 643 g/mol. The fourth-order valence-corrected chi connectivity index (χ4v) is 6.34. The lowest BCUT2D eigenvalue weighted by atomic mass is 9.99. The smallest absolute Gasteiger partial charge is 0.187 e. The van der Waals surface area contributed by atoms with Gasteiger partial charge < -0.3 is 35.0 Å². The molecular weight excluding hydrogens is 568 g/mol. The molecule has 0 aromatic carbocycles. The largest absolute Gasteiger partial charge is 0.394 e. The summed E-state index contributed by atoms with van der Waals surface area (Å²) >= 11 is 0. The zero-order valence-electron chi connectivity index (χ0n) is 29.4. The maximum Gasteiger partial charge on any atom is 0.187 e. The van der Waals surface area contributed by atoms with Gasteiger partial charge in [-0.3, -0.25) is 0 Å². The SMILES string of the molecule is CCCCCCCCCCCCCC/C(=C\[C@@H](O)CCCCCCCCCCCCCC)CO[C@@H]1O[C@H](CO)[C@H](O)[C@H](O)[C@H]1O. The molecule has 7 nitrogen and oxygen atoms in total. The Kier molecular flexibility index (Phi) is 27.9. The van der Waals surface area contributed by atoms with E-state index in [-0.39, 0.29) is 6.61 Å². The van der Waals surface area contributed by atoms with Gasteiger partial charge in [0.05, 0.1) is 19.3 Å². The van der Waals surface area contributed by atoms with Crippen molar-refractivity contribution in [1.82, 2.24) is 0 Å². The van der Waals surface area contributed by atoms with Crippen LogP contribution < -0.4 is 0 Å². The Bertz CT molecular complexity index is 670. The van der Waals surface area contributed by atoms with Crippen LogP contribution in [-0.2, 0) is 9.47 Å². The third kappa shape index (κ3) is 21.9. The second-order valence-electron chi connectivity index (χ2n) is 13.7. The van der Waals surface area contributed by atoms with Crippen LogP contribution in [-0.4, -0.2) is 75.6 Å². The molecule has 7 heteroatoms. The molecule has 1 rings (SSSR count). The van der Waals surface area contributed by atoms with Crippen molar-refractivity contribution in [2.24, 2.45) is 0 Å². The fraction of sp³-hybridized carbons (Fsp3) is 0.947. The topological polar surface area (TPSA) is 120 Å². The van der Waals surface area contributed by atoms with Crippen molar-refractivity contribution in [2.75, 3.05) is 13.2 Å². The predicted molar refractivity (Wildman–Crippen MR) is 185 cm³/mol. The Balaban J connectivity index is 2.39. The fourth-order valence-electron chi connectivity index (χ4n) is 6.34. The standard InChI is InChI=1S/C38H74O7/c1-3-5-7-9-11-13-15-17-19-21-23-25-27-32(31-44-38-37(43)36(42)35(41)34(30-39)45-38)29-33(40)28-26-24-22-20-18-16-14-12-10-8-6-4-2/h29,33-43H,3-28,30-31H2,1-2H3/b32-29+/t33-,34+,35-,36-,37+,38+/m0/s1. The molecule has 0 aliphatic carbocycles. The molecule has 0 saturated carbocycles. The summed E-state index contributed by atoms with van der Waals surface area (Å²) in [5, 5.41) is 50.8. The molecule has 1 saturated heterocycles. The van der Waals surface area contributed by atoms with Gasteiger partial charge in [0.15, 0.2) is 6.29 Å². The summed E-state index contributed by atoms with van der Waals surface area (Å²) < 4.78 is 11.4. The zero-order valence-corrected chi connectivity index (χ0v) is 29.4. The van der Waals surface area contributed by atoms with E-state index in [1.807, 2.05) is 6.08 Å². The Morgan fingerprint density at radius 3 is 1.47 bits per heavy atom. The summed E-state index contributed by atoms with van der Waals surface area (Å²) in [7, 11) is 0. The van der Waals surface area contributed by atoms with Crippen LogP contribution >= 0.6 is 0 Å². The van der Waals surface area contributed by atoms with E-state index in [4.69, 9.17) is 9.47 Å². The first kappa shape index (κ1) is 42.5. The molecule has 1 aliphatic heterocycles. The molecule has 0 spiro atoms. The molecule has 1 aliphatic rings. The lowest BCUT2D eigenvalue weighted by molar-refractivity contribution is -0.299. The third-order valence-electron chi connectivity index (χ3n) is 9.41. The number of aliphatic hydroxyl groups excluding tert-OH is 5. The summed E-state index contributed by atoms with van der Waals surface area (Å²) in [5.41, 5.74) is 0.963. The van der Waals surface area contributed by atoms with Gasteiger partial charge in [-0.05, 0) is 24.8 Å². The van der Waals surface area contributed by atoms with E-state index >= 15 is 0 Å². The Morgan fingerprint density at radius 1 is 0.600 bits per heavy atom. The van der Waals surface area contributed by atoms with Crippen LogP contribution in [0.25, 0.3) is 0 Å². The van der Waals surface area contributed by atoms with Gasteiger partial charge in [0.25, 0.3) is 0 Å². The molecule has 1 heterocycles. The van der Waals surface area contributed by atoms with Gasteiger partial charge in [0.2, 0.25) is 0 Å². The highest BCUT2D eigenvalue weighted by molar-refractivity contribution is 5.06. The summed E-state index contributed by atoms with van der Waals surface area (Å²) in [5.74, 6) is 0. The van der Waals surface area contributed by atoms with Gasteiger partial charge in [-0.15, -0.1) is 0 Å². The Hall–Kier alpha value is -0.540. The molecule has 0 amide bonds. The normalized spacial score (nSPS) is 23.1.